The number of carbonyl (C=O) groups is 2. The number of nitrogens with zero attached hydrogens (tertiary/aromatic N) is 2. The first kappa shape index (κ1) is 22.1. The van der Waals surface area contributed by atoms with E-state index in [4.69, 9.17) is 14.2 Å². The van der Waals surface area contributed by atoms with Gasteiger partial charge in [0.15, 0.2) is 23.8 Å². The molecule has 1 aliphatic rings. The molecule has 0 bridgehead atoms. The molecule has 5 rings (SSSR count). The van der Waals surface area contributed by atoms with E-state index in [0.717, 1.165) is 11.1 Å². The Bertz CT molecular complexity index is 1470. The van der Waals surface area contributed by atoms with E-state index in [1.54, 1.807) is 36.4 Å². The van der Waals surface area contributed by atoms with Gasteiger partial charge in [0.2, 0.25) is 6.79 Å². The van der Waals surface area contributed by atoms with Gasteiger partial charge < -0.3 is 19.5 Å². The maximum atomic E-state index is 12.9. The lowest BCUT2D eigenvalue weighted by atomic mass is 10.1. The number of hydrogen-bond donors (Lipinski definition) is 1. The van der Waals surface area contributed by atoms with Gasteiger partial charge >= 0.3 is 5.97 Å². The number of hydrogen-bond acceptors (Lipinski definition) is 7. The molecule has 4 aromatic rings. The fourth-order valence-corrected chi connectivity index (χ4v) is 3.75. The van der Waals surface area contributed by atoms with E-state index in [0.29, 0.717) is 22.3 Å². The van der Waals surface area contributed by atoms with E-state index in [-0.39, 0.29) is 31.1 Å². The zero-order chi connectivity index (χ0) is 24.2. The van der Waals surface area contributed by atoms with Crippen LogP contribution < -0.4 is 20.3 Å². The molecule has 0 radical (unpaired) electrons. The van der Waals surface area contributed by atoms with Crippen LogP contribution in [0.2, 0.25) is 0 Å². The molecule has 0 spiro atoms. The molecule has 0 saturated carbocycles. The van der Waals surface area contributed by atoms with Gasteiger partial charge in [-0.25, -0.2) is 9.48 Å². The van der Waals surface area contributed by atoms with E-state index < -0.39 is 18.5 Å². The van der Waals surface area contributed by atoms with Crippen LogP contribution in [0.15, 0.2) is 77.6 Å². The minimum absolute atomic E-state index is 0.0281. The standard InChI is InChI=1S/C26H21N3O6/c30-23(27-13-18-10-11-21-22(12-18)35-16-34-21)15-33-26(32)24-19-8-4-5-9-20(19)25(31)29(28-24)14-17-6-2-1-3-7-17/h1-12H,13-16H2,(H,27,30). The normalized spacial score (nSPS) is 11.9. The SMILES string of the molecule is O=C(COC(=O)c1nn(Cc2ccccc2)c(=O)c2ccccc12)NCc1ccc2c(c1)OCO2. The van der Waals surface area contributed by atoms with Crippen molar-refractivity contribution < 1.29 is 23.8 Å². The molecular weight excluding hydrogens is 450 g/mol. The fourth-order valence-electron chi connectivity index (χ4n) is 3.75. The molecule has 1 aromatic heterocycles. The second-order valence-electron chi connectivity index (χ2n) is 7.88. The van der Waals surface area contributed by atoms with Crippen LogP contribution in [0.4, 0.5) is 0 Å². The molecule has 35 heavy (non-hydrogen) atoms. The van der Waals surface area contributed by atoms with Crippen LogP contribution in [0.1, 0.15) is 21.6 Å². The number of esters is 1. The van der Waals surface area contributed by atoms with Gasteiger partial charge in [0.25, 0.3) is 11.5 Å². The number of aromatic nitrogens is 2. The van der Waals surface area contributed by atoms with E-state index in [2.05, 4.69) is 10.4 Å². The largest absolute Gasteiger partial charge is 0.454 e. The van der Waals surface area contributed by atoms with E-state index in [1.165, 1.54) is 4.68 Å². The highest BCUT2D eigenvalue weighted by molar-refractivity contribution is 6.02. The summed E-state index contributed by atoms with van der Waals surface area (Å²) >= 11 is 0. The lowest BCUT2D eigenvalue weighted by Crippen LogP contribution is -2.30. The number of nitrogens with one attached hydrogen (secondary N) is 1. The maximum absolute atomic E-state index is 12.9. The maximum Gasteiger partial charge on any atom is 0.359 e. The molecule has 1 aliphatic heterocycles. The average Bonchev–Trinajstić information content (AvgIpc) is 3.36. The van der Waals surface area contributed by atoms with E-state index in [9.17, 15) is 14.4 Å². The van der Waals surface area contributed by atoms with Gasteiger partial charge in [-0.1, -0.05) is 54.6 Å². The molecule has 2 heterocycles. The first-order valence-electron chi connectivity index (χ1n) is 10.9. The van der Waals surface area contributed by atoms with Crippen molar-refractivity contribution in [1.29, 1.82) is 0 Å². The molecular formula is C26H21N3O6. The fraction of sp³-hybridized carbons (Fsp3) is 0.154. The predicted molar refractivity (Wildman–Crippen MR) is 126 cm³/mol. The summed E-state index contributed by atoms with van der Waals surface area (Å²) in [6, 6.07) is 21.4. The molecule has 1 N–H and O–H groups in total. The van der Waals surface area contributed by atoms with Crippen LogP contribution >= 0.6 is 0 Å². The number of rotatable bonds is 7. The van der Waals surface area contributed by atoms with Gasteiger partial charge in [0.05, 0.1) is 11.9 Å². The number of benzene rings is 3. The Morgan fingerprint density at radius 2 is 1.66 bits per heavy atom. The molecule has 9 heteroatoms. The van der Waals surface area contributed by atoms with Crippen LogP contribution in [0.25, 0.3) is 10.8 Å². The molecule has 0 saturated heterocycles. The van der Waals surface area contributed by atoms with Crippen molar-refractivity contribution in [3.63, 3.8) is 0 Å². The molecule has 0 aliphatic carbocycles. The molecule has 0 atom stereocenters. The Morgan fingerprint density at radius 3 is 2.49 bits per heavy atom. The third kappa shape index (κ3) is 4.84. The van der Waals surface area contributed by atoms with Gasteiger partial charge in [-0.05, 0) is 29.3 Å². The summed E-state index contributed by atoms with van der Waals surface area (Å²) in [5, 5.41) is 7.68. The lowest BCUT2D eigenvalue weighted by Gasteiger charge is -2.11. The van der Waals surface area contributed by atoms with E-state index in [1.807, 2.05) is 36.4 Å². The van der Waals surface area contributed by atoms with Crippen molar-refractivity contribution in [2.75, 3.05) is 13.4 Å². The van der Waals surface area contributed by atoms with Gasteiger partial charge in [0.1, 0.15) is 0 Å². The first-order valence-corrected chi connectivity index (χ1v) is 10.9. The second-order valence-corrected chi connectivity index (χ2v) is 7.88. The monoisotopic (exact) mass is 471 g/mol. The smallest absolute Gasteiger partial charge is 0.359 e. The zero-order valence-electron chi connectivity index (χ0n) is 18.6. The molecule has 176 valence electrons. The number of carbonyl (C=O) groups excluding carboxylic acids is 2. The third-order valence-electron chi connectivity index (χ3n) is 5.50. The summed E-state index contributed by atoms with van der Waals surface area (Å²) in [6.45, 7) is 0.108. The van der Waals surface area contributed by atoms with Crippen molar-refractivity contribution in [2.45, 2.75) is 13.1 Å². The highest BCUT2D eigenvalue weighted by Gasteiger charge is 2.19. The van der Waals surface area contributed by atoms with Gasteiger partial charge in [0, 0.05) is 11.9 Å². The zero-order valence-corrected chi connectivity index (χ0v) is 18.6. The van der Waals surface area contributed by atoms with Crippen molar-refractivity contribution >= 4 is 22.6 Å². The quantitative estimate of drug-likeness (QED) is 0.413. The van der Waals surface area contributed by atoms with Crippen LogP contribution in [0.3, 0.4) is 0 Å². The van der Waals surface area contributed by atoms with Gasteiger partial charge in [-0.15, -0.1) is 0 Å². The second kappa shape index (κ2) is 9.68. The molecule has 9 nitrogen and oxygen atoms in total. The summed E-state index contributed by atoms with van der Waals surface area (Å²) in [4.78, 5) is 38.1. The molecule has 1 amide bonds. The molecule has 0 fully saturated rings. The highest BCUT2D eigenvalue weighted by atomic mass is 16.7. The summed E-state index contributed by atoms with van der Waals surface area (Å²) in [6.07, 6.45) is 0. The van der Waals surface area contributed by atoms with Crippen LogP contribution in [0, 0.1) is 0 Å². The summed E-state index contributed by atoms with van der Waals surface area (Å²) in [7, 11) is 0. The first-order chi connectivity index (χ1) is 17.1. The van der Waals surface area contributed by atoms with Gasteiger partial charge in [-0.3, -0.25) is 9.59 Å². The third-order valence-corrected chi connectivity index (χ3v) is 5.50. The predicted octanol–water partition coefficient (Wildman–Crippen LogP) is 2.65. The topological polar surface area (TPSA) is 109 Å². The Labute approximate surface area is 199 Å². The minimum Gasteiger partial charge on any atom is -0.454 e. The van der Waals surface area contributed by atoms with Crippen molar-refractivity contribution in [2.24, 2.45) is 0 Å². The Morgan fingerprint density at radius 1 is 0.914 bits per heavy atom. The number of amides is 1. The summed E-state index contributed by atoms with van der Waals surface area (Å²) < 4.78 is 17.1. The number of ether oxygens (including phenoxy) is 3. The van der Waals surface area contributed by atoms with Crippen molar-refractivity contribution in [3.05, 3.63) is 100.0 Å². The van der Waals surface area contributed by atoms with E-state index >= 15 is 0 Å². The average molecular weight is 471 g/mol. The highest BCUT2D eigenvalue weighted by Crippen LogP contribution is 2.32. The summed E-state index contributed by atoms with van der Waals surface area (Å²) in [5.41, 5.74) is 1.33. The minimum atomic E-state index is -0.791. The Kier molecular flexibility index (Phi) is 6.13. The number of fused-ring (bicyclic) bond motifs is 2. The van der Waals surface area contributed by atoms with Crippen LogP contribution in [-0.2, 0) is 22.6 Å². The Balaban J connectivity index is 1.28. The Hall–Kier alpha value is -4.66. The van der Waals surface area contributed by atoms with Crippen LogP contribution in [0.5, 0.6) is 11.5 Å². The van der Waals surface area contributed by atoms with Crippen molar-refractivity contribution in [3.8, 4) is 11.5 Å². The van der Waals surface area contributed by atoms with Gasteiger partial charge in [-0.2, -0.15) is 5.10 Å². The van der Waals surface area contributed by atoms with Crippen LogP contribution in [-0.4, -0.2) is 35.1 Å². The molecule has 3 aromatic carbocycles. The van der Waals surface area contributed by atoms with Crippen molar-refractivity contribution in [1.82, 2.24) is 15.1 Å². The summed E-state index contributed by atoms with van der Waals surface area (Å²) in [5.74, 6) is 0.00765. The lowest BCUT2D eigenvalue weighted by molar-refractivity contribution is -0.124. The molecule has 0 unspecified atom stereocenters.